The number of benzene rings is 1. The molecule has 5 heteroatoms. The Bertz CT molecular complexity index is 792. The Morgan fingerprint density at radius 1 is 1.24 bits per heavy atom. The molecule has 0 spiro atoms. The highest BCUT2D eigenvalue weighted by atomic mass is 16.5. The van der Waals surface area contributed by atoms with Crippen molar-refractivity contribution in [3.8, 4) is 11.8 Å². The largest absolute Gasteiger partial charge is 0.376 e. The molecule has 130 valence electrons. The first-order valence-corrected chi connectivity index (χ1v) is 9.25. The third-order valence-electron chi connectivity index (χ3n) is 4.83. The minimum absolute atomic E-state index is 0.221. The number of aryl methyl sites for hydroxylation is 1. The second-order valence-corrected chi connectivity index (χ2v) is 7.11. The highest BCUT2D eigenvalue weighted by Crippen LogP contribution is 2.27. The number of tetrazole rings is 1. The van der Waals surface area contributed by atoms with Crippen molar-refractivity contribution in [2.45, 2.75) is 58.1 Å². The molecule has 1 aliphatic heterocycles. The van der Waals surface area contributed by atoms with Crippen LogP contribution in [0.2, 0.25) is 0 Å². The molecule has 1 aromatic carbocycles. The van der Waals surface area contributed by atoms with Crippen molar-refractivity contribution in [1.29, 1.82) is 0 Å². The first kappa shape index (κ1) is 16.3. The second kappa shape index (κ2) is 7.37. The van der Waals surface area contributed by atoms with E-state index in [0.29, 0.717) is 18.9 Å². The van der Waals surface area contributed by atoms with Gasteiger partial charge in [0.15, 0.2) is 5.82 Å². The average Bonchev–Trinajstić information content (AvgIpc) is 3.36. The Morgan fingerprint density at radius 2 is 2.16 bits per heavy atom. The van der Waals surface area contributed by atoms with Crippen molar-refractivity contribution in [1.82, 2.24) is 20.2 Å². The zero-order valence-electron chi connectivity index (χ0n) is 14.7. The lowest BCUT2D eigenvalue weighted by atomic mass is 10.0. The predicted molar refractivity (Wildman–Crippen MR) is 95.0 cm³/mol. The molecule has 1 aromatic heterocycles. The Morgan fingerprint density at radius 3 is 2.96 bits per heavy atom. The van der Waals surface area contributed by atoms with E-state index in [-0.39, 0.29) is 6.10 Å². The molecule has 0 radical (unpaired) electrons. The summed E-state index contributed by atoms with van der Waals surface area (Å²) in [5, 5.41) is 12.9. The minimum Gasteiger partial charge on any atom is -0.376 e. The molecule has 0 amide bonds. The van der Waals surface area contributed by atoms with E-state index >= 15 is 0 Å². The van der Waals surface area contributed by atoms with Gasteiger partial charge in [0.05, 0.1) is 12.6 Å². The molecule has 5 nitrogen and oxygen atoms in total. The summed E-state index contributed by atoms with van der Waals surface area (Å²) >= 11 is 0. The van der Waals surface area contributed by atoms with E-state index in [1.807, 2.05) is 0 Å². The normalized spacial score (nSPS) is 20.1. The van der Waals surface area contributed by atoms with Crippen LogP contribution in [0.3, 0.4) is 0 Å². The fraction of sp³-hybridized carbons (Fsp3) is 0.550. The van der Waals surface area contributed by atoms with Crippen LogP contribution < -0.4 is 0 Å². The van der Waals surface area contributed by atoms with Crippen LogP contribution >= 0.6 is 0 Å². The van der Waals surface area contributed by atoms with E-state index in [1.165, 1.54) is 30.4 Å². The fourth-order valence-electron chi connectivity index (χ4n) is 3.08. The first-order valence-electron chi connectivity index (χ1n) is 9.25. The van der Waals surface area contributed by atoms with Gasteiger partial charge in [0, 0.05) is 24.5 Å². The van der Waals surface area contributed by atoms with E-state index in [2.05, 4.69) is 52.4 Å². The zero-order valence-corrected chi connectivity index (χ0v) is 14.7. The number of rotatable bonds is 4. The Kier molecular flexibility index (Phi) is 4.80. The summed E-state index contributed by atoms with van der Waals surface area (Å²) < 4.78 is 5.75. The summed E-state index contributed by atoms with van der Waals surface area (Å²) in [6.07, 6.45) is 6.88. The third kappa shape index (κ3) is 4.46. The van der Waals surface area contributed by atoms with Crippen molar-refractivity contribution in [2.24, 2.45) is 5.92 Å². The lowest BCUT2D eigenvalue weighted by Gasteiger charge is -2.21. The Hall–Kier alpha value is -2.19. The van der Waals surface area contributed by atoms with Crippen molar-refractivity contribution in [3.05, 3.63) is 40.7 Å². The fourth-order valence-corrected chi connectivity index (χ4v) is 3.08. The number of hydrogen-bond donors (Lipinski definition) is 0. The predicted octanol–water partition coefficient (Wildman–Crippen LogP) is 2.90. The smallest absolute Gasteiger partial charge is 0.179 e. The molecule has 1 saturated carbocycles. The molecule has 2 aromatic rings. The van der Waals surface area contributed by atoms with E-state index in [0.717, 1.165) is 30.8 Å². The topological polar surface area (TPSA) is 52.8 Å². The highest BCUT2D eigenvalue weighted by Gasteiger charge is 2.18. The molecule has 25 heavy (non-hydrogen) atoms. The molecule has 1 unspecified atom stereocenters. The van der Waals surface area contributed by atoms with Gasteiger partial charge in [-0.05, 0) is 67.5 Å². The average molecular weight is 336 g/mol. The number of hydrogen-bond acceptors (Lipinski definition) is 4. The van der Waals surface area contributed by atoms with Crippen molar-refractivity contribution < 1.29 is 4.74 Å². The summed E-state index contributed by atoms with van der Waals surface area (Å²) in [7, 11) is 0. The van der Waals surface area contributed by atoms with Gasteiger partial charge in [0.1, 0.15) is 0 Å². The molecule has 2 fully saturated rings. The van der Waals surface area contributed by atoms with Gasteiger partial charge in [-0.2, -0.15) is 4.80 Å². The molecule has 2 aliphatic rings. The van der Waals surface area contributed by atoms with E-state index < -0.39 is 0 Å². The molecule has 1 saturated heterocycles. The molecular weight excluding hydrogens is 312 g/mol. The molecule has 2 heterocycles. The van der Waals surface area contributed by atoms with Crippen molar-refractivity contribution in [3.63, 3.8) is 0 Å². The standard InChI is InChI=1S/C20H24N4O/c1-15-5-6-17(10-9-16-7-8-16)12-18(15)13-20-21-23-24(22-20)14-19-4-2-3-11-25-19/h5-6,12,16,19H,2-4,7-8,11,13-14H2,1H3. The summed E-state index contributed by atoms with van der Waals surface area (Å²) in [6, 6.07) is 6.39. The number of aromatic nitrogens is 4. The van der Waals surface area contributed by atoms with E-state index in [1.54, 1.807) is 4.80 Å². The van der Waals surface area contributed by atoms with Crippen LogP contribution in [-0.4, -0.2) is 32.9 Å². The molecule has 1 aliphatic carbocycles. The number of nitrogens with zero attached hydrogens (tertiary/aromatic N) is 4. The van der Waals surface area contributed by atoms with E-state index in [4.69, 9.17) is 4.74 Å². The van der Waals surface area contributed by atoms with Crippen LogP contribution in [0.4, 0.5) is 0 Å². The monoisotopic (exact) mass is 336 g/mol. The summed E-state index contributed by atoms with van der Waals surface area (Å²) in [5.74, 6) is 7.99. The van der Waals surface area contributed by atoms with Crippen LogP contribution in [0.1, 0.15) is 54.6 Å². The van der Waals surface area contributed by atoms with Crippen LogP contribution in [0, 0.1) is 24.7 Å². The van der Waals surface area contributed by atoms with E-state index in [9.17, 15) is 0 Å². The third-order valence-corrected chi connectivity index (χ3v) is 4.83. The van der Waals surface area contributed by atoms with Gasteiger partial charge < -0.3 is 4.74 Å². The molecule has 0 bridgehead atoms. The molecule has 4 rings (SSSR count). The van der Waals surface area contributed by atoms with Gasteiger partial charge in [-0.3, -0.25) is 0 Å². The van der Waals surface area contributed by atoms with Gasteiger partial charge >= 0.3 is 0 Å². The quantitative estimate of drug-likeness (QED) is 0.806. The summed E-state index contributed by atoms with van der Waals surface area (Å²) in [6.45, 7) is 3.66. The first-order chi connectivity index (χ1) is 12.3. The highest BCUT2D eigenvalue weighted by molar-refractivity contribution is 5.42. The Labute approximate surface area is 148 Å². The molecular formula is C20H24N4O. The summed E-state index contributed by atoms with van der Waals surface area (Å²) in [4.78, 5) is 1.68. The maximum Gasteiger partial charge on any atom is 0.179 e. The van der Waals surface area contributed by atoms with Crippen LogP contribution in [0.25, 0.3) is 0 Å². The molecule has 1 atom stereocenters. The number of ether oxygens (including phenoxy) is 1. The minimum atomic E-state index is 0.221. The van der Waals surface area contributed by atoms with Crippen LogP contribution in [-0.2, 0) is 17.7 Å². The van der Waals surface area contributed by atoms with Gasteiger partial charge in [0.2, 0.25) is 0 Å². The molecule has 0 N–H and O–H groups in total. The van der Waals surface area contributed by atoms with Gasteiger partial charge in [0.25, 0.3) is 0 Å². The zero-order chi connectivity index (χ0) is 17.1. The maximum absolute atomic E-state index is 5.75. The Balaban J connectivity index is 1.43. The van der Waals surface area contributed by atoms with Crippen LogP contribution in [0.5, 0.6) is 0 Å². The second-order valence-electron chi connectivity index (χ2n) is 7.11. The SMILES string of the molecule is Cc1ccc(C#CC2CC2)cc1Cc1nnn(CC2CCCCO2)n1. The van der Waals surface area contributed by atoms with Gasteiger partial charge in [-0.25, -0.2) is 0 Å². The maximum atomic E-state index is 5.75. The van der Waals surface area contributed by atoms with Gasteiger partial charge in [-0.15, -0.1) is 10.2 Å². The van der Waals surface area contributed by atoms with Crippen LogP contribution in [0.15, 0.2) is 18.2 Å². The van der Waals surface area contributed by atoms with Gasteiger partial charge in [-0.1, -0.05) is 17.9 Å². The lowest BCUT2D eigenvalue weighted by Crippen LogP contribution is -2.25. The summed E-state index contributed by atoms with van der Waals surface area (Å²) in [5.41, 5.74) is 3.54. The lowest BCUT2D eigenvalue weighted by molar-refractivity contribution is 0.00128. The van der Waals surface area contributed by atoms with Crippen molar-refractivity contribution in [2.75, 3.05) is 6.61 Å². The van der Waals surface area contributed by atoms with Crippen molar-refractivity contribution >= 4 is 0 Å².